The van der Waals surface area contributed by atoms with E-state index in [1.807, 2.05) is 48.5 Å². The predicted octanol–water partition coefficient (Wildman–Crippen LogP) is 4.44. The average Bonchev–Trinajstić information content (AvgIpc) is 2.88. The summed E-state index contributed by atoms with van der Waals surface area (Å²) in [5, 5.41) is 6.59. The van der Waals surface area contributed by atoms with Crippen LogP contribution in [0.3, 0.4) is 0 Å². The molecule has 3 aromatic heterocycles. The molecule has 8 heteroatoms. The average molecular weight is 457 g/mol. The largest absolute Gasteiger partial charge is 0.368 e. The first kappa shape index (κ1) is 22.8. The van der Waals surface area contributed by atoms with Crippen molar-refractivity contribution < 1.29 is 9.18 Å². The van der Waals surface area contributed by atoms with Gasteiger partial charge in [-0.3, -0.25) is 14.8 Å². The van der Waals surface area contributed by atoms with E-state index in [0.29, 0.717) is 43.4 Å². The first-order valence-electron chi connectivity index (χ1n) is 11.0. The fourth-order valence-electron chi connectivity index (χ4n) is 3.48. The lowest BCUT2D eigenvalue weighted by molar-refractivity contribution is -0.107. The Balaban J connectivity index is 1.53. The third kappa shape index (κ3) is 6.35. The van der Waals surface area contributed by atoms with Crippen molar-refractivity contribution in [3.05, 3.63) is 108 Å². The Morgan fingerprint density at radius 1 is 0.941 bits per heavy atom. The van der Waals surface area contributed by atoms with Gasteiger partial charge in [0.15, 0.2) is 5.82 Å². The monoisotopic (exact) mass is 456 g/mol. The summed E-state index contributed by atoms with van der Waals surface area (Å²) in [4.78, 5) is 26.7. The number of rotatable bonds is 11. The summed E-state index contributed by atoms with van der Waals surface area (Å²) in [5.74, 6) is 0.939. The van der Waals surface area contributed by atoms with Crippen molar-refractivity contribution >= 4 is 23.7 Å². The molecule has 0 saturated carbocycles. The molecule has 0 fully saturated rings. The number of carbonyl (C=O) groups is 1. The number of halogens is 1. The van der Waals surface area contributed by atoms with Gasteiger partial charge in [0, 0.05) is 25.1 Å². The molecule has 0 atom stereocenters. The van der Waals surface area contributed by atoms with E-state index in [-0.39, 0.29) is 5.82 Å². The molecule has 4 rings (SSSR count). The van der Waals surface area contributed by atoms with Crippen LogP contribution in [0.25, 0.3) is 0 Å². The van der Waals surface area contributed by atoms with Crippen LogP contribution in [0, 0.1) is 5.82 Å². The molecule has 34 heavy (non-hydrogen) atoms. The van der Waals surface area contributed by atoms with Gasteiger partial charge in [-0.05, 0) is 60.0 Å². The molecule has 7 nitrogen and oxygen atoms in total. The van der Waals surface area contributed by atoms with Crippen LogP contribution in [-0.2, 0) is 24.3 Å². The molecule has 0 aliphatic carbocycles. The standard InChI is InChI=1S/C26H25FN6O/c27-22-7-3-5-20(15-22)11-14-30-26-24(33(19-34)18-21-6-4-12-28-16-21)9-10-25(32-26)31-17-23-8-1-2-13-29-23/h1-10,12-13,15-16,19H,11,14,17-18H2,(H2,30,31,32). The van der Waals surface area contributed by atoms with Crippen molar-refractivity contribution in [1.82, 2.24) is 15.0 Å². The van der Waals surface area contributed by atoms with E-state index in [0.717, 1.165) is 23.2 Å². The second-order valence-corrected chi connectivity index (χ2v) is 7.64. The van der Waals surface area contributed by atoms with Gasteiger partial charge in [0.2, 0.25) is 6.41 Å². The SMILES string of the molecule is O=CN(Cc1cccnc1)c1ccc(NCc2ccccn2)nc1NCCc1cccc(F)c1. The maximum Gasteiger partial charge on any atom is 0.214 e. The van der Waals surface area contributed by atoms with Crippen molar-refractivity contribution in [2.45, 2.75) is 19.5 Å². The number of benzene rings is 1. The molecule has 0 saturated heterocycles. The number of hydrogen-bond donors (Lipinski definition) is 2. The third-order valence-electron chi connectivity index (χ3n) is 5.16. The number of pyridine rings is 3. The highest BCUT2D eigenvalue weighted by atomic mass is 19.1. The van der Waals surface area contributed by atoms with Gasteiger partial charge in [0.1, 0.15) is 11.6 Å². The molecule has 0 unspecified atom stereocenters. The van der Waals surface area contributed by atoms with E-state index in [9.17, 15) is 9.18 Å². The van der Waals surface area contributed by atoms with Crippen LogP contribution < -0.4 is 15.5 Å². The summed E-state index contributed by atoms with van der Waals surface area (Å²) in [5.41, 5.74) is 3.31. The fourth-order valence-corrected chi connectivity index (χ4v) is 3.48. The van der Waals surface area contributed by atoms with Gasteiger partial charge in [-0.1, -0.05) is 24.3 Å². The Morgan fingerprint density at radius 3 is 2.62 bits per heavy atom. The highest BCUT2D eigenvalue weighted by Crippen LogP contribution is 2.27. The Labute approximate surface area is 197 Å². The zero-order valence-electron chi connectivity index (χ0n) is 18.6. The lowest BCUT2D eigenvalue weighted by Gasteiger charge is -2.21. The molecule has 0 radical (unpaired) electrons. The number of carbonyl (C=O) groups excluding carboxylic acids is 1. The molecular weight excluding hydrogens is 431 g/mol. The predicted molar refractivity (Wildman–Crippen MR) is 131 cm³/mol. The lowest BCUT2D eigenvalue weighted by Crippen LogP contribution is -2.23. The van der Waals surface area contributed by atoms with E-state index in [2.05, 4.69) is 20.6 Å². The van der Waals surface area contributed by atoms with Crippen molar-refractivity contribution in [2.24, 2.45) is 0 Å². The van der Waals surface area contributed by atoms with Crippen LogP contribution in [-0.4, -0.2) is 27.9 Å². The van der Waals surface area contributed by atoms with Gasteiger partial charge < -0.3 is 15.5 Å². The second-order valence-electron chi connectivity index (χ2n) is 7.64. The van der Waals surface area contributed by atoms with Gasteiger partial charge in [0.05, 0.1) is 24.5 Å². The minimum absolute atomic E-state index is 0.263. The molecule has 2 N–H and O–H groups in total. The number of amides is 1. The van der Waals surface area contributed by atoms with Crippen LogP contribution in [0.15, 0.2) is 85.3 Å². The Hall–Kier alpha value is -4.33. The topological polar surface area (TPSA) is 83.0 Å². The number of anilines is 3. The first-order valence-corrected chi connectivity index (χ1v) is 11.0. The smallest absolute Gasteiger partial charge is 0.214 e. The highest BCUT2D eigenvalue weighted by Gasteiger charge is 2.14. The number of nitrogens with one attached hydrogen (secondary N) is 2. The molecule has 0 aliphatic rings. The van der Waals surface area contributed by atoms with E-state index in [1.165, 1.54) is 12.1 Å². The van der Waals surface area contributed by atoms with Gasteiger partial charge in [-0.15, -0.1) is 0 Å². The van der Waals surface area contributed by atoms with E-state index < -0.39 is 0 Å². The minimum atomic E-state index is -0.263. The van der Waals surface area contributed by atoms with E-state index in [1.54, 1.807) is 29.6 Å². The molecule has 0 aliphatic heterocycles. The summed E-state index contributed by atoms with van der Waals surface area (Å²) in [6.45, 7) is 1.40. The van der Waals surface area contributed by atoms with Crippen molar-refractivity contribution in [2.75, 3.05) is 22.1 Å². The molecule has 3 heterocycles. The van der Waals surface area contributed by atoms with Crippen LogP contribution in [0.2, 0.25) is 0 Å². The quantitative estimate of drug-likeness (QED) is 0.325. The van der Waals surface area contributed by atoms with Crippen LogP contribution >= 0.6 is 0 Å². The van der Waals surface area contributed by atoms with Gasteiger partial charge >= 0.3 is 0 Å². The van der Waals surface area contributed by atoms with E-state index >= 15 is 0 Å². The van der Waals surface area contributed by atoms with Gasteiger partial charge in [0.25, 0.3) is 0 Å². The zero-order valence-corrected chi connectivity index (χ0v) is 18.6. The summed E-state index contributed by atoms with van der Waals surface area (Å²) < 4.78 is 13.5. The molecule has 172 valence electrons. The Morgan fingerprint density at radius 2 is 1.85 bits per heavy atom. The number of nitrogens with zero attached hydrogens (tertiary/aromatic N) is 4. The maximum atomic E-state index is 13.5. The van der Waals surface area contributed by atoms with Crippen LogP contribution in [0.4, 0.5) is 21.7 Å². The van der Waals surface area contributed by atoms with Gasteiger partial charge in [-0.2, -0.15) is 0 Å². The van der Waals surface area contributed by atoms with Crippen molar-refractivity contribution in [3.63, 3.8) is 0 Å². The number of hydrogen-bond acceptors (Lipinski definition) is 6. The summed E-state index contributed by atoms with van der Waals surface area (Å²) >= 11 is 0. The van der Waals surface area contributed by atoms with Crippen LogP contribution in [0.1, 0.15) is 16.8 Å². The third-order valence-corrected chi connectivity index (χ3v) is 5.16. The van der Waals surface area contributed by atoms with Crippen molar-refractivity contribution in [3.8, 4) is 0 Å². The summed E-state index contributed by atoms with van der Waals surface area (Å²) in [6.07, 6.45) is 6.55. The molecule has 0 spiro atoms. The Bertz CT molecular complexity index is 1210. The molecule has 4 aromatic rings. The molecule has 0 bridgehead atoms. The Kier molecular flexibility index (Phi) is 7.74. The normalized spacial score (nSPS) is 10.5. The number of aromatic nitrogens is 3. The molecule has 1 amide bonds. The zero-order chi connectivity index (χ0) is 23.6. The van der Waals surface area contributed by atoms with E-state index in [4.69, 9.17) is 4.98 Å². The second kappa shape index (κ2) is 11.5. The summed E-state index contributed by atoms with van der Waals surface area (Å²) in [6, 6.07) is 19.7. The molecular formula is C26H25FN6O. The highest BCUT2D eigenvalue weighted by molar-refractivity contribution is 5.82. The first-order chi connectivity index (χ1) is 16.7. The maximum absolute atomic E-state index is 13.5. The summed E-state index contributed by atoms with van der Waals surface area (Å²) in [7, 11) is 0. The lowest BCUT2D eigenvalue weighted by atomic mass is 10.1. The van der Waals surface area contributed by atoms with Gasteiger partial charge in [-0.25, -0.2) is 9.37 Å². The van der Waals surface area contributed by atoms with Crippen molar-refractivity contribution in [1.29, 1.82) is 0 Å². The fraction of sp³-hybridized carbons (Fsp3) is 0.154. The molecule has 1 aromatic carbocycles. The minimum Gasteiger partial charge on any atom is -0.368 e. The van der Waals surface area contributed by atoms with Crippen LogP contribution in [0.5, 0.6) is 0 Å².